The van der Waals surface area contributed by atoms with E-state index in [2.05, 4.69) is 10.1 Å². The first kappa shape index (κ1) is 24.5. The predicted octanol–water partition coefficient (Wildman–Crippen LogP) is 5.91. The fraction of sp³-hybridized carbons (Fsp3) is 0.136. The lowest BCUT2D eigenvalue weighted by molar-refractivity contribution is -0.385. The van der Waals surface area contributed by atoms with Gasteiger partial charge in [-0.25, -0.2) is 0 Å². The first-order valence-corrected chi connectivity index (χ1v) is 9.83. The zero-order valence-electron chi connectivity index (χ0n) is 17.7. The second kappa shape index (κ2) is 10.7. The lowest BCUT2D eigenvalue weighted by Crippen LogP contribution is -2.12. The number of anilines is 1. The van der Waals surface area contributed by atoms with Crippen molar-refractivity contribution in [3.8, 4) is 28.7 Å². The van der Waals surface area contributed by atoms with Crippen molar-refractivity contribution in [2.75, 3.05) is 19.5 Å². The van der Waals surface area contributed by atoms with Crippen LogP contribution in [0.15, 0.2) is 54.6 Å². The smallest absolute Gasteiger partial charge is 0.387 e. The Morgan fingerprint density at radius 1 is 0.941 bits per heavy atom. The summed E-state index contributed by atoms with van der Waals surface area (Å²) in [5.41, 5.74) is -0.0304. The normalized spacial score (nSPS) is 10.5. The summed E-state index contributed by atoms with van der Waals surface area (Å²) >= 11 is 5.81. The van der Waals surface area contributed by atoms with Crippen molar-refractivity contribution in [2.24, 2.45) is 0 Å². The average Bonchev–Trinajstić information content (AvgIpc) is 2.80. The molecule has 9 nitrogen and oxygen atoms in total. The molecule has 3 aromatic rings. The number of halogens is 3. The number of hydrogen-bond acceptors (Lipinski definition) is 7. The van der Waals surface area contributed by atoms with Gasteiger partial charge < -0.3 is 24.3 Å². The van der Waals surface area contributed by atoms with E-state index in [9.17, 15) is 23.7 Å². The predicted molar refractivity (Wildman–Crippen MR) is 119 cm³/mol. The van der Waals surface area contributed by atoms with Crippen LogP contribution in [-0.2, 0) is 0 Å². The van der Waals surface area contributed by atoms with E-state index in [1.807, 2.05) is 0 Å². The van der Waals surface area contributed by atoms with Crippen molar-refractivity contribution in [2.45, 2.75) is 6.61 Å². The number of hydrogen-bond donors (Lipinski definition) is 1. The summed E-state index contributed by atoms with van der Waals surface area (Å²) in [5, 5.41) is 14.0. The largest absolute Gasteiger partial charge is 0.493 e. The van der Waals surface area contributed by atoms with Gasteiger partial charge in [0.15, 0.2) is 23.0 Å². The number of rotatable bonds is 9. The summed E-state index contributed by atoms with van der Waals surface area (Å²) in [6.07, 6.45) is 0. The lowest BCUT2D eigenvalue weighted by Gasteiger charge is -2.14. The molecule has 0 radical (unpaired) electrons. The molecule has 0 fully saturated rings. The topological polar surface area (TPSA) is 109 Å². The second-order valence-corrected chi connectivity index (χ2v) is 6.97. The standard InChI is InChI=1S/C22H17ClF2N2O7/c1-31-17-8-5-14(11-20(17)34-22(24)25)26-21(28)12-3-6-18(19(9-12)32-2)33-16-7-4-13(23)10-15(16)27(29)30/h3-11,22H,1-2H3,(H,26,28). The van der Waals surface area contributed by atoms with Crippen LogP contribution in [0.1, 0.15) is 10.4 Å². The zero-order chi connectivity index (χ0) is 24.8. The highest BCUT2D eigenvalue weighted by Gasteiger charge is 2.19. The summed E-state index contributed by atoms with van der Waals surface area (Å²) < 4.78 is 45.5. The molecule has 0 heterocycles. The highest BCUT2D eigenvalue weighted by Crippen LogP contribution is 2.38. The number of benzene rings is 3. The van der Waals surface area contributed by atoms with Gasteiger partial charge in [0.05, 0.1) is 19.1 Å². The van der Waals surface area contributed by atoms with Gasteiger partial charge in [-0.15, -0.1) is 0 Å². The van der Waals surface area contributed by atoms with E-state index in [-0.39, 0.29) is 50.7 Å². The van der Waals surface area contributed by atoms with Gasteiger partial charge >= 0.3 is 12.3 Å². The van der Waals surface area contributed by atoms with Gasteiger partial charge in [-0.3, -0.25) is 14.9 Å². The number of nitro groups is 1. The van der Waals surface area contributed by atoms with Crippen LogP contribution in [0.3, 0.4) is 0 Å². The van der Waals surface area contributed by atoms with E-state index in [0.29, 0.717) is 0 Å². The van der Waals surface area contributed by atoms with Gasteiger partial charge in [-0.05, 0) is 42.5 Å². The highest BCUT2D eigenvalue weighted by molar-refractivity contribution is 6.30. The van der Waals surface area contributed by atoms with Crippen LogP contribution < -0.4 is 24.3 Å². The maximum absolute atomic E-state index is 12.7. The van der Waals surface area contributed by atoms with Crippen LogP contribution in [0, 0.1) is 10.1 Å². The van der Waals surface area contributed by atoms with Crippen molar-refractivity contribution in [3.05, 3.63) is 75.3 Å². The molecule has 3 rings (SSSR count). The molecule has 0 aromatic heterocycles. The molecular weight excluding hydrogens is 478 g/mol. The summed E-state index contributed by atoms with van der Waals surface area (Å²) in [5.74, 6) is -0.612. The Balaban J connectivity index is 1.83. The number of amides is 1. The van der Waals surface area contributed by atoms with E-state index >= 15 is 0 Å². The first-order chi connectivity index (χ1) is 16.2. The summed E-state index contributed by atoms with van der Waals surface area (Å²) in [6.45, 7) is -3.08. The summed E-state index contributed by atoms with van der Waals surface area (Å²) in [6, 6.07) is 12.1. The molecule has 0 aliphatic heterocycles. The molecule has 0 saturated heterocycles. The van der Waals surface area contributed by atoms with Crippen molar-refractivity contribution in [3.63, 3.8) is 0 Å². The third-order valence-corrected chi connectivity index (χ3v) is 4.64. The first-order valence-electron chi connectivity index (χ1n) is 9.46. The average molecular weight is 495 g/mol. The van der Waals surface area contributed by atoms with Gasteiger partial charge in [-0.1, -0.05) is 11.6 Å². The van der Waals surface area contributed by atoms with Gasteiger partial charge in [0.25, 0.3) is 5.91 Å². The number of alkyl halides is 2. The Morgan fingerprint density at radius 3 is 2.26 bits per heavy atom. The van der Waals surface area contributed by atoms with Gasteiger partial charge in [0, 0.05) is 28.4 Å². The maximum atomic E-state index is 12.7. The quantitative estimate of drug-likeness (QED) is 0.291. The number of carbonyl (C=O) groups is 1. The van der Waals surface area contributed by atoms with Crippen molar-refractivity contribution in [1.82, 2.24) is 0 Å². The molecular formula is C22H17ClF2N2O7. The number of ether oxygens (including phenoxy) is 4. The Labute approximate surface area is 196 Å². The van der Waals surface area contributed by atoms with Crippen LogP contribution in [0.2, 0.25) is 5.02 Å². The minimum Gasteiger partial charge on any atom is -0.493 e. The molecule has 0 atom stereocenters. The Bertz CT molecular complexity index is 1220. The number of nitrogens with zero attached hydrogens (tertiary/aromatic N) is 1. The fourth-order valence-electron chi connectivity index (χ4n) is 2.88. The van der Waals surface area contributed by atoms with Gasteiger partial charge in [-0.2, -0.15) is 8.78 Å². The van der Waals surface area contributed by atoms with Gasteiger partial charge in [0.2, 0.25) is 5.75 Å². The lowest BCUT2D eigenvalue weighted by atomic mass is 10.1. The number of carbonyl (C=O) groups excluding carboxylic acids is 1. The third-order valence-electron chi connectivity index (χ3n) is 4.40. The van der Waals surface area contributed by atoms with Crippen LogP contribution in [0.5, 0.6) is 28.7 Å². The summed E-state index contributed by atoms with van der Waals surface area (Å²) in [4.78, 5) is 23.3. The van der Waals surface area contributed by atoms with Crippen LogP contribution >= 0.6 is 11.6 Å². The second-order valence-electron chi connectivity index (χ2n) is 6.54. The Kier molecular flexibility index (Phi) is 7.69. The van der Waals surface area contributed by atoms with E-state index in [0.717, 1.165) is 6.07 Å². The zero-order valence-corrected chi connectivity index (χ0v) is 18.5. The van der Waals surface area contributed by atoms with Crippen LogP contribution in [0.25, 0.3) is 0 Å². The number of methoxy groups -OCH3 is 2. The molecule has 0 spiro atoms. The van der Waals surface area contributed by atoms with E-state index in [1.165, 1.54) is 62.8 Å². The summed E-state index contributed by atoms with van der Waals surface area (Å²) in [7, 11) is 2.62. The van der Waals surface area contributed by atoms with E-state index in [4.69, 9.17) is 25.8 Å². The van der Waals surface area contributed by atoms with Crippen molar-refractivity contribution in [1.29, 1.82) is 0 Å². The van der Waals surface area contributed by atoms with Crippen LogP contribution in [0.4, 0.5) is 20.2 Å². The number of nitro benzene ring substituents is 1. The van der Waals surface area contributed by atoms with E-state index < -0.39 is 17.4 Å². The minimum absolute atomic E-state index is 0.0674. The molecule has 0 bridgehead atoms. The Hall–Kier alpha value is -4.12. The molecule has 0 aliphatic carbocycles. The molecule has 3 aromatic carbocycles. The minimum atomic E-state index is -3.08. The molecule has 1 amide bonds. The monoisotopic (exact) mass is 494 g/mol. The molecule has 0 aliphatic rings. The van der Waals surface area contributed by atoms with Gasteiger partial charge in [0.1, 0.15) is 0 Å². The molecule has 0 saturated carbocycles. The third kappa shape index (κ3) is 5.81. The van der Waals surface area contributed by atoms with E-state index in [1.54, 1.807) is 0 Å². The highest BCUT2D eigenvalue weighted by atomic mass is 35.5. The SMILES string of the molecule is COc1cc(C(=O)Nc2ccc(OC)c(OC(F)F)c2)ccc1Oc1ccc(Cl)cc1[N+](=O)[O-]. The van der Waals surface area contributed by atoms with Crippen molar-refractivity contribution >= 4 is 28.9 Å². The molecule has 0 unspecified atom stereocenters. The Morgan fingerprint density at radius 2 is 1.62 bits per heavy atom. The molecule has 12 heteroatoms. The molecule has 34 heavy (non-hydrogen) atoms. The van der Waals surface area contributed by atoms with Crippen LogP contribution in [-0.4, -0.2) is 31.7 Å². The maximum Gasteiger partial charge on any atom is 0.387 e. The number of nitrogens with one attached hydrogen (secondary N) is 1. The molecule has 178 valence electrons. The fourth-order valence-corrected chi connectivity index (χ4v) is 3.04. The van der Waals surface area contributed by atoms with Crippen molar-refractivity contribution < 1.29 is 37.4 Å². The molecule has 1 N–H and O–H groups in total.